The molecular weight excluding hydrogens is 204 g/mol. The lowest BCUT2D eigenvalue weighted by atomic mass is 10.1. The second kappa shape index (κ2) is 5.51. The number of methoxy groups -OCH3 is 1. The van der Waals surface area contributed by atoms with Gasteiger partial charge in [0.2, 0.25) is 5.91 Å². The van der Waals surface area contributed by atoms with E-state index in [0.717, 1.165) is 16.8 Å². The molecule has 16 heavy (non-hydrogen) atoms. The van der Waals surface area contributed by atoms with Gasteiger partial charge in [-0.3, -0.25) is 4.79 Å². The number of anilines is 1. The number of nitrogens with one attached hydrogen (secondary N) is 2. The van der Waals surface area contributed by atoms with E-state index in [1.54, 1.807) is 14.2 Å². The van der Waals surface area contributed by atoms with Gasteiger partial charge in [0, 0.05) is 0 Å². The van der Waals surface area contributed by atoms with Crippen LogP contribution < -0.4 is 15.4 Å². The van der Waals surface area contributed by atoms with Crippen LogP contribution in [0.4, 0.5) is 5.69 Å². The zero-order chi connectivity index (χ0) is 12.1. The number of carbonyl (C=O) groups excluding carboxylic acids is 1. The minimum atomic E-state index is -0.0762. The van der Waals surface area contributed by atoms with E-state index in [9.17, 15) is 4.79 Å². The molecule has 0 unspecified atom stereocenters. The Morgan fingerprint density at radius 2 is 2.06 bits per heavy atom. The second-order valence-electron chi connectivity index (χ2n) is 3.74. The predicted molar refractivity (Wildman–Crippen MR) is 65.0 cm³/mol. The van der Waals surface area contributed by atoms with Crippen LogP contribution in [0.25, 0.3) is 0 Å². The molecule has 0 spiro atoms. The van der Waals surface area contributed by atoms with Crippen LogP contribution in [0.5, 0.6) is 5.75 Å². The maximum absolute atomic E-state index is 11.5. The Labute approximate surface area is 96.0 Å². The van der Waals surface area contributed by atoms with E-state index in [0.29, 0.717) is 5.75 Å². The maximum Gasteiger partial charge on any atom is 0.238 e. The van der Waals surface area contributed by atoms with Gasteiger partial charge in [0.25, 0.3) is 0 Å². The van der Waals surface area contributed by atoms with Crippen molar-refractivity contribution in [1.82, 2.24) is 5.32 Å². The molecule has 0 heterocycles. The summed E-state index contributed by atoms with van der Waals surface area (Å²) < 4.78 is 5.25. The van der Waals surface area contributed by atoms with E-state index in [2.05, 4.69) is 10.6 Å². The third-order valence-electron chi connectivity index (χ3n) is 2.27. The van der Waals surface area contributed by atoms with Crippen molar-refractivity contribution in [3.63, 3.8) is 0 Å². The Hall–Kier alpha value is -1.55. The van der Waals surface area contributed by atoms with Gasteiger partial charge in [-0.15, -0.1) is 0 Å². The molecule has 0 saturated carbocycles. The molecule has 88 valence electrons. The molecule has 1 rings (SSSR count). The van der Waals surface area contributed by atoms with Crippen LogP contribution in [0.3, 0.4) is 0 Å². The van der Waals surface area contributed by atoms with Gasteiger partial charge in [-0.2, -0.15) is 0 Å². The fourth-order valence-electron chi connectivity index (χ4n) is 1.59. The predicted octanol–water partition coefficient (Wildman–Crippen LogP) is 1.47. The Morgan fingerprint density at radius 1 is 1.38 bits per heavy atom. The van der Waals surface area contributed by atoms with E-state index >= 15 is 0 Å². The summed E-state index contributed by atoms with van der Waals surface area (Å²) in [6.45, 7) is 4.23. The molecule has 0 aromatic heterocycles. The number of rotatable bonds is 4. The number of hydrogen-bond acceptors (Lipinski definition) is 3. The molecule has 0 aliphatic carbocycles. The summed E-state index contributed by atoms with van der Waals surface area (Å²) in [5.74, 6) is 0.620. The van der Waals surface area contributed by atoms with Crippen LogP contribution >= 0.6 is 0 Å². The average Bonchev–Trinajstić information content (AvgIpc) is 2.22. The summed E-state index contributed by atoms with van der Waals surface area (Å²) in [6.07, 6.45) is 0. The highest BCUT2D eigenvalue weighted by atomic mass is 16.5. The quantitative estimate of drug-likeness (QED) is 0.811. The summed E-state index contributed by atoms with van der Waals surface area (Å²) >= 11 is 0. The number of benzene rings is 1. The van der Waals surface area contributed by atoms with Gasteiger partial charge >= 0.3 is 0 Å². The first kappa shape index (κ1) is 12.5. The largest absolute Gasteiger partial charge is 0.495 e. The zero-order valence-corrected chi connectivity index (χ0v) is 10.2. The third-order valence-corrected chi connectivity index (χ3v) is 2.27. The van der Waals surface area contributed by atoms with Gasteiger partial charge in [-0.05, 0) is 38.1 Å². The third kappa shape index (κ3) is 2.97. The number of carbonyl (C=O) groups is 1. The van der Waals surface area contributed by atoms with Crippen molar-refractivity contribution in [2.45, 2.75) is 13.8 Å². The molecule has 0 radical (unpaired) electrons. The van der Waals surface area contributed by atoms with Crippen LogP contribution in [-0.4, -0.2) is 26.6 Å². The van der Waals surface area contributed by atoms with Crippen molar-refractivity contribution >= 4 is 11.6 Å². The minimum Gasteiger partial charge on any atom is -0.495 e. The number of amides is 1. The first-order valence-electron chi connectivity index (χ1n) is 5.18. The van der Waals surface area contributed by atoms with Crippen LogP contribution in [0, 0.1) is 13.8 Å². The van der Waals surface area contributed by atoms with Crippen LogP contribution in [0.1, 0.15) is 11.1 Å². The first-order valence-corrected chi connectivity index (χ1v) is 5.18. The lowest BCUT2D eigenvalue weighted by molar-refractivity contribution is -0.115. The number of hydrogen-bond donors (Lipinski definition) is 2. The lowest BCUT2D eigenvalue weighted by Crippen LogP contribution is -2.25. The van der Waals surface area contributed by atoms with Crippen molar-refractivity contribution in [3.8, 4) is 5.75 Å². The van der Waals surface area contributed by atoms with Crippen molar-refractivity contribution in [2.24, 2.45) is 0 Å². The summed E-state index contributed by atoms with van der Waals surface area (Å²) in [4.78, 5) is 11.5. The van der Waals surface area contributed by atoms with Crippen molar-refractivity contribution in [3.05, 3.63) is 23.3 Å². The van der Waals surface area contributed by atoms with E-state index in [1.165, 1.54) is 0 Å². The van der Waals surface area contributed by atoms with Crippen LogP contribution in [-0.2, 0) is 4.79 Å². The maximum atomic E-state index is 11.5. The molecular formula is C12H18N2O2. The highest BCUT2D eigenvalue weighted by molar-refractivity contribution is 5.94. The van der Waals surface area contributed by atoms with Gasteiger partial charge in [0.1, 0.15) is 5.75 Å². The summed E-state index contributed by atoms with van der Waals surface area (Å²) in [6, 6.07) is 3.92. The molecule has 0 aliphatic rings. The van der Waals surface area contributed by atoms with Gasteiger partial charge in [-0.1, -0.05) is 6.07 Å². The van der Waals surface area contributed by atoms with Gasteiger partial charge < -0.3 is 15.4 Å². The topological polar surface area (TPSA) is 50.4 Å². The SMILES string of the molecule is CNCC(=O)Nc1c(C)cc(C)cc1OC. The first-order chi connectivity index (χ1) is 7.58. The summed E-state index contributed by atoms with van der Waals surface area (Å²) in [7, 11) is 3.33. The summed E-state index contributed by atoms with van der Waals surface area (Å²) in [5, 5.41) is 5.63. The highest BCUT2D eigenvalue weighted by Crippen LogP contribution is 2.29. The van der Waals surface area contributed by atoms with Gasteiger partial charge in [0.05, 0.1) is 19.3 Å². The molecule has 1 amide bonds. The van der Waals surface area contributed by atoms with E-state index in [1.807, 2.05) is 26.0 Å². The number of likely N-dealkylation sites (N-methyl/N-ethyl adjacent to an activating group) is 1. The average molecular weight is 222 g/mol. The molecule has 0 aliphatic heterocycles. The van der Waals surface area contributed by atoms with Crippen molar-refractivity contribution < 1.29 is 9.53 Å². The lowest BCUT2D eigenvalue weighted by Gasteiger charge is -2.13. The molecule has 0 atom stereocenters. The Morgan fingerprint density at radius 3 is 2.62 bits per heavy atom. The fraction of sp³-hybridized carbons (Fsp3) is 0.417. The molecule has 0 saturated heterocycles. The Bertz CT molecular complexity index is 389. The number of ether oxygens (including phenoxy) is 1. The molecule has 0 bridgehead atoms. The van der Waals surface area contributed by atoms with E-state index < -0.39 is 0 Å². The number of aryl methyl sites for hydroxylation is 2. The normalized spacial score (nSPS) is 10.0. The molecule has 2 N–H and O–H groups in total. The molecule has 1 aromatic carbocycles. The molecule has 0 fully saturated rings. The molecule has 4 nitrogen and oxygen atoms in total. The van der Waals surface area contributed by atoms with Crippen molar-refractivity contribution in [1.29, 1.82) is 0 Å². The fourth-order valence-corrected chi connectivity index (χ4v) is 1.59. The van der Waals surface area contributed by atoms with Crippen LogP contribution in [0.15, 0.2) is 12.1 Å². The Balaban J connectivity index is 2.98. The standard InChI is InChI=1S/C12H18N2O2/c1-8-5-9(2)12(10(6-8)16-4)14-11(15)7-13-3/h5-6,13H,7H2,1-4H3,(H,14,15). The minimum absolute atomic E-state index is 0.0762. The smallest absolute Gasteiger partial charge is 0.238 e. The van der Waals surface area contributed by atoms with E-state index in [4.69, 9.17) is 4.74 Å². The monoisotopic (exact) mass is 222 g/mol. The van der Waals surface area contributed by atoms with Gasteiger partial charge in [-0.25, -0.2) is 0 Å². The van der Waals surface area contributed by atoms with Gasteiger partial charge in [0.15, 0.2) is 0 Å². The molecule has 1 aromatic rings. The van der Waals surface area contributed by atoms with Crippen LogP contribution in [0.2, 0.25) is 0 Å². The summed E-state index contributed by atoms with van der Waals surface area (Å²) in [5.41, 5.74) is 2.86. The Kier molecular flexibility index (Phi) is 4.31. The highest BCUT2D eigenvalue weighted by Gasteiger charge is 2.10. The second-order valence-corrected chi connectivity index (χ2v) is 3.74. The zero-order valence-electron chi connectivity index (χ0n) is 10.2. The van der Waals surface area contributed by atoms with Crippen molar-refractivity contribution in [2.75, 3.05) is 26.0 Å². The molecule has 4 heteroatoms. The van der Waals surface area contributed by atoms with E-state index in [-0.39, 0.29) is 12.5 Å².